The molecular weight excluding hydrogens is 486 g/mol. The van der Waals surface area contributed by atoms with Gasteiger partial charge in [-0.3, -0.25) is 0 Å². The summed E-state index contributed by atoms with van der Waals surface area (Å²) in [5, 5.41) is 3.93. The van der Waals surface area contributed by atoms with Crippen molar-refractivity contribution >= 4 is 104 Å². The molecule has 8 heterocycles. The predicted molar refractivity (Wildman–Crippen MR) is 162 cm³/mol. The van der Waals surface area contributed by atoms with Gasteiger partial charge in [-0.05, 0) is 0 Å². The number of para-hydroxylation sites is 1. The SMILES string of the molecule is [B]1B2[B-]P12(N=[P+]1B2[B-]B21)c1ccc2c3c1Oc1ccc4c5ccccc5n5c4c1B3c1c(cccc1-5)O2. The number of hydrogen-bond acceptors (Lipinski definition) is 3. The Morgan fingerprint density at radius 3 is 2.49 bits per heavy atom. The first-order chi connectivity index (χ1) is 18.2. The van der Waals surface area contributed by atoms with E-state index in [0.717, 1.165) is 35.4 Å². The average molecular weight is 497 g/mol. The second-order valence-corrected chi connectivity index (χ2v) is 18.5. The summed E-state index contributed by atoms with van der Waals surface area (Å²) in [6.45, 7) is 5.24. The van der Waals surface area contributed by atoms with Crippen molar-refractivity contribution < 1.29 is 9.47 Å². The molecule has 4 saturated heterocycles. The molecule has 0 spiro atoms. The van der Waals surface area contributed by atoms with Gasteiger partial charge in [0.05, 0.1) is 0 Å². The van der Waals surface area contributed by atoms with E-state index in [1.54, 1.807) is 0 Å². The number of benzene rings is 4. The van der Waals surface area contributed by atoms with Crippen LogP contribution in [-0.2, 0) is 0 Å². The number of fused-ring (bicyclic) bond motifs is 6. The van der Waals surface area contributed by atoms with Crippen LogP contribution in [0.25, 0.3) is 27.5 Å². The van der Waals surface area contributed by atoms with Gasteiger partial charge in [0.1, 0.15) is 0 Å². The van der Waals surface area contributed by atoms with Crippen LogP contribution in [0.3, 0.4) is 0 Å². The third kappa shape index (κ3) is 1.80. The molecule has 161 valence electrons. The van der Waals surface area contributed by atoms with Gasteiger partial charge >= 0.3 is 218 Å². The van der Waals surface area contributed by atoms with Gasteiger partial charge in [-0.1, -0.05) is 0 Å². The predicted octanol–water partition coefficient (Wildman–Crippen LogP) is 2.62. The van der Waals surface area contributed by atoms with Crippen LogP contribution in [0.15, 0.2) is 71.2 Å². The summed E-state index contributed by atoms with van der Waals surface area (Å²) >= 11 is 0. The molecule has 4 fully saturated rings. The summed E-state index contributed by atoms with van der Waals surface area (Å²) in [7, 11) is 2.33. The van der Waals surface area contributed by atoms with Crippen LogP contribution in [0.4, 0.5) is 0 Å². The summed E-state index contributed by atoms with van der Waals surface area (Å²) in [4.78, 5) is 0. The molecule has 7 aliphatic rings. The summed E-state index contributed by atoms with van der Waals surface area (Å²) in [5.41, 5.74) is 7.49. The second kappa shape index (κ2) is 5.24. The van der Waals surface area contributed by atoms with Crippen LogP contribution in [0.2, 0.25) is 0 Å². The van der Waals surface area contributed by atoms with E-state index >= 15 is 0 Å². The zero-order chi connectivity index (χ0) is 23.4. The Balaban J connectivity index is 1.23. The van der Waals surface area contributed by atoms with Crippen molar-refractivity contribution in [1.29, 1.82) is 0 Å². The molecular formula is C24H11B7N2O2P2-. The van der Waals surface area contributed by atoms with E-state index in [4.69, 9.17) is 14.0 Å². The minimum absolute atomic E-state index is 0.111. The maximum atomic E-state index is 6.99. The molecule has 0 aliphatic carbocycles. The van der Waals surface area contributed by atoms with Gasteiger partial charge in [-0.15, -0.1) is 0 Å². The molecule has 37 heavy (non-hydrogen) atoms. The number of nitrogens with zero attached hydrogens (tertiary/aromatic N) is 2. The summed E-state index contributed by atoms with van der Waals surface area (Å²) in [6, 6.07) is 24.2. The van der Waals surface area contributed by atoms with E-state index in [1.807, 2.05) is 0 Å². The Morgan fingerprint density at radius 1 is 0.838 bits per heavy atom. The van der Waals surface area contributed by atoms with Crippen LogP contribution in [-0.4, -0.2) is 50.8 Å². The van der Waals surface area contributed by atoms with E-state index in [0.29, 0.717) is 6.21 Å². The molecule has 4 nitrogen and oxygen atoms in total. The van der Waals surface area contributed by atoms with Crippen molar-refractivity contribution in [2.24, 2.45) is 4.52 Å². The van der Waals surface area contributed by atoms with E-state index in [9.17, 15) is 0 Å². The van der Waals surface area contributed by atoms with E-state index < -0.39 is 6.39 Å². The molecule has 13 heteroatoms. The fourth-order valence-corrected chi connectivity index (χ4v) is 17.0. The van der Waals surface area contributed by atoms with Gasteiger partial charge in [0.2, 0.25) is 0 Å². The molecule has 7 aliphatic heterocycles. The molecule has 0 bridgehead atoms. The molecule has 5 aromatic rings. The quantitative estimate of drug-likeness (QED) is 0.272. The fraction of sp³-hybridized carbons (Fsp3) is 0. The minimum atomic E-state index is -2.37. The first-order valence-corrected chi connectivity index (χ1v) is 16.9. The summed E-state index contributed by atoms with van der Waals surface area (Å²) in [6.07, 6.45) is -0.160. The number of rotatable bonds is 2. The number of ether oxygens (including phenoxy) is 2. The third-order valence-electron chi connectivity index (χ3n) is 9.88. The van der Waals surface area contributed by atoms with Crippen LogP contribution in [0, 0.1) is 0 Å². The Hall–Kier alpha value is -2.74. The number of hydrogen-bond donors (Lipinski definition) is 0. The first kappa shape index (κ1) is 18.5. The molecule has 5 radical (unpaired) electrons. The van der Waals surface area contributed by atoms with Crippen molar-refractivity contribution in [2.75, 3.05) is 0 Å². The molecule has 0 amide bonds. The summed E-state index contributed by atoms with van der Waals surface area (Å²) < 4.78 is 21.7. The molecule has 0 unspecified atom stereocenters. The topological polar surface area (TPSA) is 35.8 Å². The fourth-order valence-electron chi connectivity index (χ4n) is 7.73. The van der Waals surface area contributed by atoms with Crippen molar-refractivity contribution in [3.8, 4) is 28.7 Å². The van der Waals surface area contributed by atoms with Crippen molar-refractivity contribution in [3.05, 3.63) is 66.7 Å². The van der Waals surface area contributed by atoms with Crippen molar-refractivity contribution in [2.45, 2.75) is 0 Å². The monoisotopic (exact) mass is 498 g/mol. The van der Waals surface area contributed by atoms with Gasteiger partial charge in [0, 0.05) is 0 Å². The Bertz CT molecular complexity index is 2100. The molecule has 0 atom stereocenters. The summed E-state index contributed by atoms with van der Waals surface area (Å²) in [5.74, 6) is 3.91. The maximum absolute atomic E-state index is 6.99. The van der Waals surface area contributed by atoms with Crippen LogP contribution in [0.1, 0.15) is 0 Å². The van der Waals surface area contributed by atoms with E-state index in [2.05, 4.69) is 92.1 Å². The van der Waals surface area contributed by atoms with Crippen molar-refractivity contribution in [3.63, 3.8) is 0 Å². The van der Waals surface area contributed by atoms with E-state index in [1.165, 1.54) is 49.2 Å². The van der Waals surface area contributed by atoms with Gasteiger partial charge in [0.25, 0.3) is 0 Å². The van der Waals surface area contributed by atoms with Gasteiger partial charge in [-0.25, -0.2) is 0 Å². The second-order valence-electron chi connectivity index (χ2n) is 11.6. The van der Waals surface area contributed by atoms with Gasteiger partial charge in [0.15, 0.2) is 0 Å². The Kier molecular flexibility index (Phi) is 2.62. The number of aromatic nitrogens is 1. The Labute approximate surface area is 217 Å². The van der Waals surface area contributed by atoms with Crippen molar-refractivity contribution in [1.82, 2.24) is 4.57 Å². The van der Waals surface area contributed by atoms with E-state index in [-0.39, 0.29) is 14.2 Å². The average Bonchev–Trinajstić information content (AvgIpc) is 3.83. The van der Waals surface area contributed by atoms with Gasteiger partial charge < -0.3 is 0 Å². The van der Waals surface area contributed by atoms with Gasteiger partial charge in [-0.2, -0.15) is 0 Å². The third-order valence-corrected chi connectivity index (χ3v) is 18.3. The Morgan fingerprint density at radius 2 is 1.65 bits per heavy atom. The van der Waals surface area contributed by atoms with Crippen LogP contribution in [0.5, 0.6) is 23.0 Å². The molecule has 1 aromatic heterocycles. The standard InChI is InChI=1S/C24H11B7N2O2P2/c1-2-5-14-12(4-1)13-8-9-17-21-23(13)33(14)15-6-3-7-16-20(15)28(21)22-18(34-16)10-11-19(24(22)35-17)37(26-29(37)27-37)32-36-30-25-31(30)36/h1-11H/q-1. The van der Waals surface area contributed by atoms with Crippen LogP contribution >= 0.6 is 13.9 Å². The molecule has 4 aromatic carbocycles. The molecule has 12 rings (SSSR count). The molecule has 0 N–H and O–H groups in total. The normalized spacial score (nSPS) is 22.3. The van der Waals surface area contributed by atoms with Crippen LogP contribution < -0.4 is 31.2 Å². The first-order valence-electron chi connectivity index (χ1n) is 13.1. The zero-order valence-corrected chi connectivity index (χ0v) is 21.3. The zero-order valence-electron chi connectivity index (χ0n) is 19.5. The molecule has 0 saturated carbocycles.